The average molecular weight is 77.1 g/mol. The van der Waals surface area contributed by atoms with Gasteiger partial charge in [-0.15, -0.1) is 0 Å². The molecule has 32 valence electrons. The van der Waals surface area contributed by atoms with E-state index in [-0.39, 0.29) is 0 Å². The van der Waals surface area contributed by atoms with Crippen LogP contribution >= 0.6 is 0 Å². The summed E-state index contributed by atoms with van der Waals surface area (Å²) in [6, 6.07) is 0. The van der Waals surface area contributed by atoms with Crippen LogP contribution in [0.1, 0.15) is 6.92 Å². The van der Waals surface area contributed by atoms with Gasteiger partial charge in [0.2, 0.25) is 0 Å². The summed E-state index contributed by atoms with van der Waals surface area (Å²) in [6.07, 6.45) is -0.866. The zero-order valence-electron chi connectivity index (χ0n) is 3.46. The van der Waals surface area contributed by atoms with Crippen molar-refractivity contribution < 1.29 is 4.39 Å². The van der Waals surface area contributed by atoms with E-state index in [0.717, 1.165) is 0 Å². The summed E-state index contributed by atoms with van der Waals surface area (Å²) in [4.78, 5) is 0. The molecular weight excluding hydrogens is 69.0 g/mol. The molecule has 0 rings (SSSR count). The van der Waals surface area contributed by atoms with Crippen LogP contribution in [0.3, 0.4) is 0 Å². The zero-order chi connectivity index (χ0) is 4.28. The van der Waals surface area contributed by atoms with E-state index in [0.29, 0.717) is 0 Å². The van der Waals surface area contributed by atoms with Crippen molar-refractivity contribution in [3.63, 3.8) is 0 Å². The molecule has 1 nitrogen and oxygen atoms in total. The molecule has 0 heterocycles. The maximum Gasteiger partial charge on any atom is 0.148 e. The first-order chi connectivity index (χ1) is 2.27. The van der Waals surface area contributed by atoms with Crippen molar-refractivity contribution in [1.29, 1.82) is 0 Å². The maximum absolute atomic E-state index is 11.3. The van der Waals surface area contributed by atoms with Crippen LogP contribution in [-0.4, -0.2) is 13.3 Å². The van der Waals surface area contributed by atoms with Crippen molar-refractivity contribution in [2.75, 3.05) is 7.05 Å². The smallest absolute Gasteiger partial charge is 0.148 e. The van der Waals surface area contributed by atoms with E-state index in [1.165, 1.54) is 6.92 Å². The van der Waals surface area contributed by atoms with Crippen LogP contribution in [0.5, 0.6) is 0 Å². The van der Waals surface area contributed by atoms with Crippen molar-refractivity contribution in [2.24, 2.45) is 0 Å². The van der Waals surface area contributed by atoms with E-state index in [2.05, 4.69) is 5.32 Å². The van der Waals surface area contributed by atoms with Gasteiger partial charge in [-0.1, -0.05) is 0 Å². The average Bonchev–Trinajstić information content (AvgIpc) is 1.38. The second kappa shape index (κ2) is 2.15. The highest BCUT2D eigenvalue weighted by molar-refractivity contribution is 4.29. The number of nitrogens with one attached hydrogen (secondary N) is 1. The van der Waals surface area contributed by atoms with Crippen LogP contribution in [0.2, 0.25) is 0 Å². The Hall–Kier alpha value is -0.110. The fourth-order valence-corrected chi connectivity index (χ4v) is 0. The van der Waals surface area contributed by atoms with Gasteiger partial charge in [0.05, 0.1) is 0 Å². The largest absolute Gasteiger partial charge is 0.291 e. The Morgan fingerprint density at radius 1 is 1.80 bits per heavy atom. The Morgan fingerprint density at radius 3 is 2.00 bits per heavy atom. The lowest BCUT2D eigenvalue weighted by Crippen LogP contribution is -2.13. The maximum atomic E-state index is 11.3. The van der Waals surface area contributed by atoms with E-state index in [4.69, 9.17) is 0 Å². The van der Waals surface area contributed by atoms with Gasteiger partial charge >= 0.3 is 0 Å². The number of rotatable bonds is 1. The lowest BCUT2D eigenvalue weighted by molar-refractivity contribution is 0.318. The Kier molecular flexibility index (Phi) is 2.10. The topological polar surface area (TPSA) is 12.0 Å². The Balaban J connectivity index is 2.54. The predicted octanol–water partition coefficient (Wildman–Crippen LogP) is 0.521. The monoisotopic (exact) mass is 77.1 g/mol. The third-order valence-electron chi connectivity index (χ3n) is 0.398. The lowest BCUT2D eigenvalue weighted by Gasteiger charge is -1.90. The van der Waals surface area contributed by atoms with Crippen LogP contribution in [0.4, 0.5) is 4.39 Å². The molecule has 0 aliphatic rings. The number of halogens is 1. The summed E-state index contributed by atoms with van der Waals surface area (Å²) in [5, 5.41) is 2.36. The molecule has 0 radical (unpaired) electrons. The van der Waals surface area contributed by atoms with Crippen LogP contribution < -0.4 is 5.32 Å². The molecule has 0 aliphatic heterocycles. The fourth-order valence-electron chi connectivity index (χ4n) is 0. The summed E-state index contributed by atoms with van der Waals surface area (Å²) in [5.74, 6) is 0. The van der Waals surface area contributed by atoms with Crippen molar-refractivity contribution in [2.45, 2.75) is 13.2 Å². The molecule has 0 aliphatic carbocycles. The normalized spacial score (nSPS) is 15.0. The molecule has 0 aromatic carbocycles. The molecule has 0 aromatic heterocycles. The molecule has 1 N–H and O–H groups in total. The molecule has 0 unspecified atom stereocenters. The highest BCUT2D eigenvalue weighted by Gasteiger charge is 1.82. The highest BCUT2D eigenvalue weighted by Crippen LogP contribution is 1.72. The van der Waals surface area contributed by atoms with Crippen molar-refractivity contribution in [3.05, 3.63) is 0 Å². The lowest BCUT2D eigenvalue weighted by atomic mass is 10.7. The first kappa shape index (κ1) is 4.89. The summed E-state index contributed by atoms with van der Waals surface area (Å²) in [6.45, 7) is 1.44. The molecule has 0 aromatic rings. The predicted molar refractivity (Wildman–Crippen MR) is 19.6 cm³/mol. The van der Waals surface area contributed by atoms with Crippen LogP contribution in [0, 0.1) is 0 Å². The minimum atomic E-state index is -0.866. The summed E-state index contributed by atoms with van der Waals surface area (Å²) in [5.41, 5.74) is 0. The summed E-state index contributed by atoms with van der Waals surface area (Å²) < 4.78 is 11.3. The van der Waals surface area contributed by atoms with E-state index >= 15 is 0 Å². The second-order valence-corrected chi connectivity index (χ2v) is 0.905. The molecule has 0 amide bonds. The van der Waals surface area contributed by atoms with E-state index in [1.54, 1.807) is 7.05 Å². The Labute approximate surface area is 31.2 Å². The van der Waals surface area contributed by atoms with Gasteiger partial charge in [-0.3, -0.25) is 5.32 Å². The van der Waals surface area contributed by atoms with Gasteiger partial charge in [-0.25, -0.2) is 4.39 Å². The molecule has 0 saturated heterocycles. The number of hydrogen-bond donors (Lipinski definition) is 1. The molecule has 0 fully saturated rings. The van der Waals surface area contributed by atoms with Gasteiger partial charge in [0.15, 0.2) is 0 Å². The van der Waals surface area contributed by atoms with Crippen molar-refractivity contribution in [1.82, 2.24) is 5.32 Å². The van der Waals surface area contributed by atoms with Crippen molar-refractivity contribution >= 4 is 0 Å². The van der Waals surface area contributed by atoms with Gasteiger partial charge in [-0.2, -0.15) is 0 Å². The van der Waals surface area contributed by atoms with Crippen LogP contribution in [-0.2, 0) is 0 Å². The third kappa shape index (κ3) is 3.89. The van der Waals surface area contributed by atoms with E-state index in [1.807, 2.05) is 0 Å². The fraction of sp³-hybridized carbons (Fsp3) is 1.00. The van der Waals surface area contributed by atoms with Gasteiger partial charge < -0.3 is 0 Å². The Morgan fingerprint density at radius 2 is 2.00 bits per heavy atom. The quantitative estimate of drug-likeness (QED) is 0.450. The highest BCUT2D eigenvalue weighted by atomic mass is 19.1. The number of hydrogen-bond acceptors (Lipinski definition) is 1. The summed E-state index contributed by atoms with van der Waals surface area (Å²) in [7, 11) is 1.57. The molecular formula is C3H8FN. The van der Waals surface area contributed by atoms with E-state index in [9.17, 15) is 4.39 Å². The standard InChI is InChI=1S/C3H8FN/c1-3(4)5-2/h3,5H,1-2H3/t3-/m1/s1. The molecule has 0 saturated carbocycles. The number of alkyl halides is 1. The van der Waals surface area contributed by atoms with Gasteiger partial charge in [0.1, 0.15) is 6.30 Å². The first-order valence-electron chi connectivity index (χ1n) is 1.58. The van der Waals surface area contributed by atoms with Gasteiger partial charge in [-0.05, 0) is 14.0 Å². The van der Waals surface area contributed by atoms with Crippen LogP contribution in [0.15, 0.2) is 0 Å². The molecule has 0 spiro atoms. The molecule has 0 bridgehead atoms. The van der Waals surface area contributed by atoms with E-state index < -0.39 is 6.30 Å². The Bertz CT molecular complexity index is 20.9. The molecule has 5 heavy (non-hydrogen) atoms. The van der Waals surface area contributed by atoms with Crippen LogP contribution in [0.25, 0.3) is 0 Å². The van der Waals surface area contributed by atoms with Crippen molar-refractivity contribution in [3.8, 4) is 0 Å². The SMILES string of the molecule is CN[C@H](C)F. The second-order valence-electron chi connectivity index (χ2n) is 0.905. The third-order valence-corrected chi connectivity index (χ3v) is 0.398. The molecule has 2 heteroatoms. The van der Waals surface area contributed by atoms with Gasteiger partial charge in [0, 0.05) is 0 Å². The zero-order valence-corrected chi connectivity index (χ0v) is 3.46. The minimum absolute atomic E-state index is 0.866. The van der Waals surface area contributed by atoms with Gasteiger partial charge in [0.25, 0.3) is 0 Å². The minimum Gasteiger partial charge on any atom is -0.291 e. The summed E-state index contributed by atoms with van der Waals surface area (Å²) >= 11 is 0. The molecule has 1 atom stereocenters. The first-order valence-corrected chi connectivity index (χ1v) is 1.58.